The van der Waals surface area contributed by atoms with Gasteiger partial charge in [0, 0.05) is 6.61 Å². The summed E-state index contributed by atoms with van der Waals surface area (Å²) in [6.07, 6.45) is 6.27. The zero-order valence-electron chi connectivity index (χ0n) is 11.4. The molecule has 0 amide bonds. The van der Waals surface area contributed by atoms with Crippen molar-refractivity contribution in [1.29, 1.82) is 0 Å². The molecule has 1 fully saturated rings. The van der Waals surface area contributed by atoms with Gasteiger partial charge in [0.2, 0.25) is 0 Å². The van der Waals surface area contributed by atoms with Crippen LogP contribution in [0.1, 0.15) is 59.8 Å². The van der Waals surface area contributed by atoms with Gasteiger partial charge in [0.25, 0.3) is 0 Å². The van der Waals surface area contributed by atoms with Crippen LogP contribution < -0.4 is 0 Å². The maximum atomic E-state index is 6.09. The third-order valence-electron chi connectivity index (χ3n) is 2.95. The number of rotatable bonds is 6. The van der Waals surface area contributed by atoms with Crippen molar-refractivity contribution in [2.45, 2.75) is 72.2 Å². The van der Waals surface area contributed by atoms with E-state index in [1.165, 1.54) is 12.8 Å². The van der Waals surface area contributed by atoms with Gasteiger partial charge in [-0.25, -0.2) is 0 Å². The molecule has 0 aromatic carbocycles. The fourth-order valence-electron chi connectivity index (χ4n) is 2.29. The van der Waals surface area contributed by atoms with Crippen molar-refractivity contribution in [3.63, 3.8) is 0 Å². The third-order valence-corrected chi connectivity index (χ3v) is 2.95. The highest BCUT2D eigenvalue weighted by Gasteiger charge is 2.21. The van der Waals surface area contributed by atoms with Gasteiger partial charge < -0.3 is 9.47 Å². The van der Waals surface area contributed by atoms with Gasteiger partial charge in [0.05, 0.1) is 6.10 Å². The summed E-state index contributed by atoms with van der Waals surface area (Å²) < 4.78 is 11.7. The molecule has 0 aromatic rings. The van der Waals surface area contributed by atoms with E-state index in [1.807, 2.05) is 0 Å². The Morgan fingerprint density at radius 2 is 1.69 bits per heavy atom. The Labute approximate surface area is 101 Å². The van der Waals surface area contributed by atoms with Crippen molar-refractivity contribution in [3.05, 3.63) is 0 Å². The van der Waals surface area contributed by atoms with Crippen molar-refractivity contribution in [1.82, 2.24) is 0 Å². The van der Waals surface area contributed by atoms with Crippen molar-refractivity contribution < 1.29 is 9.47 Å². The van der Waals surface area contributed by atoms with Gasteiger partial charge in [-0.15, -0.1) is 0 Å². The zero-order chi connectivity index (χ0) is 12.0. The second kappa shape index (κ2) is 7.29. The Morgan fingerprint density at radius 3 is 2.12 bits per heavy atom. The maximum Gasteiger partial charge on any atom is 0.157 e. The summed E-state index contributed by atoms with van der Waals surface area (Å²) in [5.74, 6) is 1.40. The zero-order valence-corrected chi connectivity index (χ0v) is 11.4. The number of hydrogen-bond acceptors (Lipinski definition) is 2. The number of ether oxygens (including phenoxy) is 2. The summed E-state index contributed by atoms with van der Waals surface area (Å²) in [5.41, 5.74) is 0. The van der Waals surface area contributed by atoms with E-state index in [-0.39, 0.29) is 6.29 Å². The molecule has 0 N–H and O–H groups in total. The van der Waals surface area contributed by atoms with Gasteiger partial charge in [0.1, 0.15) is 0 Å². The molecule has 1 atom stereocenters. The lowest BCUT2D eigenvalue weighted by molar-refractivity contribution is -0.193. The van der Waals surface area contributed by atoms with Crippen LogP contribution in [-0.4, -0.2) is 19.0 Å². The van der Waals surface area contributed by atoms with Gasteiger partial charge in [-0.05, 0) is 43.9 Å². The molecule has 96 valence electrons. The van der Waals surface area contributed by atoms with Crippen molar-refractivity contribution in [2.24, 2.45) is 11.8 Å². The fourth-order valence-corrected chi connectivity index (χ4v) is 2.29. The highest BCUT2D eigenvalue weighted by molar-refractivity contribution is 4.66. The van der Waals surface area contributed by atoms with Crippen LogP contribution in [0.15, 0.2) is 0 Å². The van der Waals surface area contributed by atoms with E-state index < -0.39 is 0 Å². The van der Waals surface area contributed by atoms with Gasteiger partial charge in [-0.1, -0.05) is 27.7 Å². The van der Waals surface area contributed by atoms with Crippen LogP contribution in [0.3, 0.4) is 0 Å². The SMILES string of the molecule is CC(C)CC(CC(C)C)OC1CCCCO1. The molecular weight excluding hydrogens is 200 g/mol. The lowest BCUT2D eigenvalue weighted by Gasteiger charge is -2.29. The van der Waals surface area contributed by atoms with E-state index in [1.54, 1.807) is 0 Å². The Kier molecular flexibility index (Phi) is 6.37. The maximum absolute atomic E-state index is 6.09. The minimum atomic E-state index is 0.0660. The first-order chi connectivity index (χ1) is 7.58. The van der Waals surface area contributed by atoms with Crippen LogP contribution >= 0.6 is 0 Å². The molecule has 0 bridgehead atoms. The van der Waals surface area contributed by atoms with Crippen LogP contribution in [0.5, 0.6) is 0 Å². The molecule has 0 aliphatic carbocycles. The first-order valence-electron chi connectivity index (χ1n) is 6.85. The Morgan fingerprint density at radius 1 is 1.06 bits per heavy atom. The Bertz CT molecular complexity index is 162. The second-order valence-electron chi connectivity index (χ2n) is 5.81. The Hall–Kier alpha value is -0.0800. The van der Waals surface area contributed by atoms with Crippen molar-refractivity contribution in [3.8, 4) is 0 Å². The molecule has 0 radical (unpaired) electrons. The van der Waals surface area contributed by atoms with Crippen LogP contribution in [0.25, 0.3) is 0 Å². The van der Waals surface area contributed by atoms with Crippen LogP contribution in [0.4, 0.5) is 0 Å². The van der Waals surface area contributed by atoms with E-state index in [4.69, 9.17) is 9.47 Å². The van der Waals surface area contributed by atoms with Gasteiger partial charge in [-0.3, -0.25) is 0 Å². The van der Waals surface area contributed by atoms with E-state index in [0.29, 0.717) is 17.9 Å². The summed E-state index contributed by atoms with van der Waals surface area (Å²) in [5, 5.41) is 0. The van der Waals surface area contributed by atoms with Crippen LogP contribution in [0, 0.1) is 11.8 Å². The molecule has 2 heteroatoms. The molecular formula is C14H28O2. The average molecular weight is 228 g/mol. The number of hydrogen-bond donors (Lipinski definition) is 0. The first kappa shape index (κ1) is 14.0. The molecule has 16 heavy (non-hydrogen) atoms. The van der Waals surface area contributed by atoms with Crippen LogP contribution in [-0.2, 0) is 9.47 Å². The second-order valence-corrected chi connectivity index (χ2v) is 5.81. The van der Waals surface area contributed by atoms with E-state index in [2.05, 4.69) is 27.7 Å². The quantitative estimate of drug-likeness (QED) is 0.684. The summed E-state index contributed by atoms with van der Waals surface area (Å²) in [7, 11) is 0. The molecule has 0 aromatic heterocycles. The predicted molar refractivity (Wildman–Crippen MR) is 67.4 cm³/mol. The monoisotopic (exact) mass is 228 g/mol. The summed E-state index contributed by atoms with van der Waals surface area (Å²) in [6.45, 7) is 9.93. The summed E-state index contributed by atoms with van der Waals surface area (Å²) >= 11 is 0. The van der Waals surface area contributed by atoms with Gasteiger partial charge in [0.15, 0.2) is 6.29 Å². The third kappa shape index (κ3) is 5.86. The molecule has 1 aliphatic heterocycles. The molecule has 1 aliphatic rings. The molecule has 1 rings (SSSR count). The largest absolute Gasteiger partial charge is 0.353 e. The van der Waals surface area contributed by atoms with Crippen molar-refractivity contribution in [2.75, 3.05) is 6.61 Å². The summed E-state index contributed by atoms with van der Waals surface area (Å²) in [6, 6.07) is 0. The Balaban J connectivity index is 2.35. The molecule has 1 heterocycles. The minimum absolute atomic E-state index is 0.0660. The highest BCUT2D eigenvalue weighted by atomic mass is 16.7. The molecule has 2 nitrogen and oxygen atoms in total. The van der Waals surface area contributed by atoms with Crippen LogP contribution in [0.2, 0.25) is 0 Å². The highest BCUT2D eigenvalue weighted by Crippen LogP contribution is 2.22. The smallest absolute Gasteiger partial charge is 0.157 e. The van der Waals surface area contributed by atoms with Gasteiger partial charge in [-0.2, -0.15) is 0 Å². The van der Waals surface area contributed by atoms with Crippen molar-refractivity contribution >= 4 is 0 Å². The summed E-state index contributed by atoms with van der Waals surface area (Å²) in [4.78, 5) is 0. The van der Waals surface area contributed by atoms with E-state index in [0.717, 1.165) is 25.9 Å². The molecule has 1 saturated heterocycles. The lowest BCUT2D eigenvalue weighted by atomic mass is 9.98. The lowest BCUT2D eigenvalue weighted by Crippen LogP contribution is -2.29. The standard InChI is InChI=1S/C14H28O2/c1-11(2)9-13(10-12(3)4)16-14-7-5-6-8-15-14/h11-14H,5-10H2,1-4H3. The van der Waals surface area contributed by atoms with Gasteiger partial charge >= 0.3 is 0 Å². The fraction of sp³-hybridized carbons (Fsp3) is 1.00. The molecule has 1 unspecified atom stereocenters. The van der Waals surface area contributed by atoms with E-state index >= 15 is 0 Å². The topological polar surface area (TPSA) is 18.5 Å². The molecule has 0 spiro atoms. The average Bonchev–Trinajstić information content (AvgIpc) is 2.16. The predicted octanol–water partition coefficient (Wildman–Crippen LogP) is 3.99. The molecule has 0 saturated carbocycles. The van der Waals surface area contributed by atoms with E-state index in [9.17, 15) is 0 Å². The normalized spacial score (nSPS) is 22.3. The first-order valence-corrected chi connectivity index (χ1v) is 6.85. The minimum Gasteiger partial charge on any atom is -0.353 e.